The molecule has 1 atom stereocenters. The van der Waals surface area contributed by atoms with Gasteiger partial charge < -0.3 is 5.11 Å². The van der Waals surface area contributed by atoms with E-state index in [2.05, 4.69) is 83.1 Å². The molecule has 0 heterocycles. The van der Waals surface area contributed by atoms with E-state index in [1.54, 1.807) is 0 Å². The number of hydrogen-bond donors (Lipinski definition) is 1. The summed E-state index contributed by atoms with van der Waals surface area (Å²) in [6.07, 6.45) is 0.490. The first kappa shape index (κ1) is 33.6. The van der Waals surface area contributed by atoms with Crippen molar-refractivity contribution in [1.29, 1.82) is 0 Å². The zero-order valence-corrected chi connectivity index (χ0v) is 27.9. The fraction of sp³-hybridized carbons (Fsp3) is 0.119. The first-order valence-corrected chi connectivity index (χ1v) is 15.0. The van der Waals surface area contributed by atoms with Crippen LogP contribution < -0.4 is 0 Å². The van der Waals surface area contributed by atoms with Gasteiger partial charge in [0.25, 0.3) is 0 Å². The van der Waals surface area contributed by atoms with Gasteiger partial charge in [0.2, 0.25) is 0 Å². The van der Waals surface area contributed by atoms with Crippen molar-refractivity contribution in [1.82, 2.24) is 0 Å². The van der Waals surface area contributed by atoms with Crippen molar-refractivity contribution < 1.29 is 26.8 Å². The van der Waals surface area contributed by atoms with Gasteiger partial charge in [-0.05, 0) is 53.8 Å². The van der Waals surface area contributed by atoms with Crippen molar-refractivity contribution >= 4 is 22.2 Å². The summed E-state index contributed by atoms with van der Waals surface area (Å²) in [6.45, 7) is 13.7. The molecule has 3 heteroatoms. The smallest absolute Gasteiger partial charge is 0.378 e. The Hall–Kier alpha value is -4.34. The van der Waals surface area contributed by atoms with Crippen LogP contribution in [-0.2, 0) is 33.7 Å². The first-order valence-electron chi connectivity index (χ1n) is 15.0. The molecule has 222 valence electrons. The van der Waals surface area contributed by atoms with Gasteiger partial charge in [-0.3, -0.25) is 0 Å². The van der Waals surface area contributed by atoms with Crippen molar-refractivity contribution in [2.75, 3.05) is 0 Å². The van der Waals surface area contributed by atoms with Gasteiger partial charge in [0.05, 0.1) is 11.4 Å². The van der Waals surface area contributed by atoms with Crippen molar-refractivity contribution in [3.05, 3.63) is 198 Å². The summed E-state index contributed by atoms with van der Waals surface area (Å²) >= 11 is 0. The predicted molar refractivity (Wildman–Crippen MR) is 187 cm³/mol. The molecule has 1 unspecified atom stereocenters. The molecule has 0 aromatic heterocycles. The zero-order valence-electron chi connectivity index (χ0n) is 26.3. The molecule has 0 saturated carbocycles. The van der Waals surface area contributed by atoms with E-state index >= 15 is 0 Å². The largest absolute Gasteiger partial charge is 2.00 e. The van der Waals surface area contributed by atoms with Crippen LogP contribution in [0.5, 0.6) is 0 Å². The maximum Gasteiger partial charge on any atom is 2.00 e. The van der Waals surface area contributed by atoms with Gasteiger partial charge in [0, 0.05) is 12.0 Å². The normalized spacial score (nSPS) is 15.3. The van der Waals surface area contributed by atoms with Crippen LogP contribution in [0.1, 0.15) is 44.5 Å². The van der Waals surface area contributed by atoms with Gasteiger partial charge in [-0.2, -0.15) is 49.2 Å². The van der Waals surface area contributed by atoms with Crippen molar-refractivity contribution in [2.45, 2.75) is 32.8 Å². The van der Waals surface area contributed by atoms with Crippen molar-refractivity contribution in [2.24, 2.45) is 4.99 Å². The van der Waals surface area contributed by atoms with Gasteiger partial charge in [0.15, 0.2) is 0 Å². The minimum Gasteiger partial charge on any atom is -0.378 e. The average molecular weight is 622 g/mol. The number of hydrogen-bond acceptors (Lipinski definition) is 2. The second kappa shape index (κ2) is 15.1. The molecule has 1 N–H and O–H groups in total. The van der Waals surface area contributed by atoms with Crippen LogP contribution in [0.2, 0.25) is 0 Å². The minimum atomic E-state index is -1.17. The van der Waals surface area contributed by atoms with E-state index in [0.29, 0.717) is 6.42 Å². The van der Waals surface area contributed by atoms with E-state index in [1.165, 1.54) is 5.56 Å². The molecule has 0 radical (unpaired) electrons. The average Bonchev–Trinajstić information content (AvgIpc) is 3.25. The number of aliphatic hydroxyl groups is 1. The number of rotatable bonds is 3. The summed E-state index contributed by atoms with van der Waals surface area (Å²) in [5.41, 5.74) is 9.22. The summed E-state index contributed by atoms with van der Waals surface area (Å²) in [5.74, 6) is 0. The molecule has 0 saturated heterocycles. The van der Waals surface area contributed by atoms with Crippen LogP contribution >= 0.6 is 0 Å². The van der Waals surface area contributed by atoms with Gasteiger partial charge in [-0.25, -0.2) is 4.99 Å². The standard InChI is InChI=1S/C28H25NO.2C7H7.Ti/c1-18-15-19(2)26(20(3)16-18)29-27-23-13-7-11-22-12-8-14-24(25(22)23)28(27,30)17-21-9-5-4-6-10-21;2*1-7-5-3-2-4-6-7;/h4-16,30H,17H2,1-3H3;2*2-6H,1H2;/q;2*-1;+2. The summed E-state index contributed by atoms with van der Waals surface area (Å²) in [5, 5.41) is 14.5. The van der Waals surface area contributed by atoms with Crippen molar-refractivity contribution in [3.63, 3.8) is 0 Å². The van der Waals surface area contributed by atoms with E-state index in [1.807, 2.05) is 91.0 Å². The Bertz CT molecular complexity index is 1820. The molecule has 0 fully saturated rings. The molecule has 0 amide bonds. The molecule has 0 aliphatic heterocycles. The van der Waals surface area contributed by atoms with Gasteiger partial charge in [-0.15, -0.1) is 24.3 Å². The Labute approximate surface area is 283 Å². The van der Waals surface area contributed by atoms with Crippen LogP contribution in [-0.4, -0.2) is 10.8 Å². The van der Waals surface area contributed by atoms with Crippen molar-refractivity contribution in [3.8, 4) is 0 Å². The first-order chi connectivity index (χ1) is 21.3. The van der Waals surface area contributed by atoms with Crippen LogP contribution in [0.25, 0.3) is 10.8 Å². The molecule has 6 aromatic rings. The van der Waals surface area contributed by atoms with E-state index in [9.17, 15) is 5.11 Å². The Morgan fingerprint density at radius 2 is 1.11 bits per heavy atom. The molecule has 0 bridgehead atoms. The molecule has 2 nitrogen and oxygen atoms in total. The van der Waals surface area contributed by atoms with Gasteiger partial charge >= 0.3 is 21.7 Å². The molecule has 1 aliphatic rings. The molecular formula is C42H39NOTi. The third-order valence-electron chi connectivity index (χ3n) is 7.84. The molecule has 7 rings (SSSR count). The Morgan fingerprint density at radius 1 is 0.622 bits per heavy atom. The fourth-order valence-corrected chi connectivity index (χ4v) is 5.87. The molecule has 6 aromatic carbocycles. The van der Waals surface area contributed by atoms with Crippen LogP contribution in [0.3, 0.4) is 0 Å². The van der Waals surface area contributed by atoms with Crippen LogP contribution in [0.15, 0.2) is 145 Å². The van der Waals surface area contributed by atoms with Gasteiger partial charge in [-0.1, -0.05) is 96.6 Å². The van der Waals surface area contributed by atoms with Gasteiger partial charge in [0.1, 0.15) is 5.60 Å². The topological polar surface area (TPSA) is 32.6 Å². The maximum atomic E-state index is 12.2. The third kappa shape index (κ3) is 7.85. The fourth-order valence-electron chi connectivity index (χ4n) is 5.87. The SMILES string of the molecule is Cc1cc(C)c(N=C2c3cccc4cccc(c34)C2(O)Cc2ccccc2)c(C)c1.[CH2-]c1ccccc1.[CH2-]c1ccccc1.[Ti+2]. The van der Waals surface area contributed by atoms with Crippen LogP contribution in [0, 0.1) is 34.6 Å². The second-order valence-electron chi connectivity index (χ2n) is 11.4. The Kier molecular flexibility index (Phi) is 11.3. The summed E-state index contributed by atoms with van der Waals surface area (Å²) < 4.78 is 0. The molecule has 45 heavy (non-hydrogen) atoms. The van der Waals surface area contributed by atoms with E-state index in [4.69, 9.17) is 4.99 Å². The molecule has 1 aliphatic carbocycles. The second-order valence-corrected chi connectivity index (χ2v) is 11.4. The molecule has 0 spiro atoms. The van der Waals surface area contributed by atoms with E-state index in [0.717, 1.165) is 61.1 Å². The maximum absolute atomic E-state index is 12.2. The van der Waals surface area contributed by atoms with Crippen LogP contribution in [0.4, 0.5) is 5.69 Å². The summed E-state index contributed by atoms with van der Waals surface area (Å²) in [4.78, 5) is 5.15. The third-order valence-corrected chi connectivity index (χ3v) is 7.84. The number of aliphatic imine (C=N–C) groups is 1. The quantitative estimate of drug-likeness (QED) is 0.155. The summed E-state index contributed by atoms with van der Waals surface area (Å²) in [7, 11) is 0. The molecular weight excluding hydrogens is 582 g/mol. The predicted octanol–water partition coefficient (Wildman–Crippen LogP) is 10.1. The monoisotopic (exact) mass is 621 g/mol. The van der Waals surface area contributed by atoms with E-state index < -0.39 is 5.60 Å². The number of aryl methyl sites for hydroxylation is 3. The van der Waals surface area contributed by atoms with E-state index in [-0.39, 0.29) is 21.7 Å². The Balaban J connectivity index is 0.000000253. The minimum absolute atomic E-state index is 0. The Morgan fingerprint density at radius 3 is 1.60 bits per heavy atom. The number of nitrogens with zero attached hydrogens (tertiary/aromatic N) is 1. The summed E-state index contributed by atoms with van der Waals surface area (Å²) in [6, 6.07) is 46.7. The zero-order chi connectivity index (χ0) is 31.1. The number of benzene rings is 6.